The Morgan fingerprint density at radius 1 is 0.462 bits per heavy atom. The summed E-state index contributed by atoms with van der Waals surface area (Å²) in [5, 5.41) is 0. The smallest absolute Gasteiger partial charge is 0.418 e. The molecule has 0 spiro atoms. The molecule has 2 aromatic carbocycles. The lowest BCUT2D eigenvalue weighted by Crippen LogP contribution is -2.44. The zero-order valence-corrected chi connectivity index (χ0v) is 91.7. The molecule has 0 saturated carbocycles. The summed E-state index contributed by atoms with van der Waals surface area (Å²) in [6.45, 7) is 73.2. The number of para-hydroxylation sites is 2. The lowest BCUT2D eigenvalue weighted by molar-refractivity contribution is -0.143. The van der Waals surface area contributed by atoms with E-state index in [1.54, 1.807) is 56.8 Å². The van der Waals surface area contributed by atoms with Gasteiger partial charge in [0.25, 0.3) is 0 Å². The van der Waals surface area contributed by atoms with Gasteiger partial charge in [-0.3, -0.25) is 14.4 Å². The molecular formula is C101H177N7O20S4. The number of carbonyl (C=O) groups excluding carboxylic acids is 5. The number of aromatic amines is 1. The van der Waals surface area contributed by atoms with Gasteiger partial charge in [-0.05, 0) is 195 Å². The number of thiocarbonyl (C=S) groups is 1. The predicted octanol–water partition coefficient (Wildman–Crippen LogP) is 19.8. The number of benzene rings is 2. The molecule has 3 heterocycles. The van der Waals surface area contributed by atoms with Gasteiger partial charge in [0.2, 0.25) is 22.1 Å². The summed E-state index contributed by atoms with van der Waals surface area (Å²) in [6.07, 6.45) is 6.96. The van der Waals surface area contributed by atoms with Crippen LogP contribution in [0, 0.1) is 5.41 Å². The number of rotatable bonds is 17. The fourth-order valence-electron chi connectivity index (χ4n) is 10.5. The lowest BCUT2D eigenvalue weighted by atomic mass is 9.75. The Balaban J connectivity index is 0.00000161. The van der Waals surface area contributed by atoms with Crippen molar-refractivity contribution >= 4 is 81.8 Å². The first-order valence-corrected chi connectivity index (χ1v) is 49.3. The van der Waals surface area contributed by atoms with Crippen LogP contribution in [0.15, 0.2) is 84.1 Å². The van der Waals surface area contributed by atoms with E-state index in [1.165, 1.54) is 51.1 Å². The van der Waals surface area contributed by atoms with Crippen molar-refractivity contribution in [3.63, 3.8) is 0 Å². The van der Waals surface area contributed by atoms with Crippen molar-refractivity contribution in [3.8, 4) is 23.0 Å². The van der Waals surface area contributed by atoms with Crippen LogP contribution in [0.5, 0.6) is 23.0 Å². The van der Waals surface area contributed by atoms with Gasteiger partial charge in [0.15, 0.2) is 23.0 Å². The number of ether oxygens (including phenoxy) is 15. The minimum absolute atomic E-state index is 0.0237. The number of thioether (sulfide) groups is 3. The van der Waals surface area contributed by atoms with Crippen LogP contribution in [0.3, 0.4) is 0 Å². The van der Waals surface area contributed by atoms with Gasteiger partial charge < -0.3 is 105 Å². The number of amides is 5. The highest BCUT2D eigenvalue weighted by atomic mass is 32.2. The summed E-state index contributed by atoms with van der Waals surface area (Å²) in [4.78, 5) is 69.9. The maximum atomic E-state index is 11.9. The number of carbonyl (C=O) groups is 5. The van der Waals surface area contributed by atoms with Gasteiger partial charge in [0, 0.05) is 99.5 Å². The molecule has 132 heavy (non-hydrogen) atoms. The molecule has 27 nitrogen and oxygen atoms in total. The van der Waals surface area contributed by atoms with Crippen LogP contribution in [-0.4, -0.2) is 313 Å². The summed E-state index contributed by atoms with van der Waals surface area (Å²) < 4.78 is 85.7. The summed E-state index contributed by atoms with van der Waals surface area (Å²) in [5.74, 6) is 4.89. The SMILES string of the molecule is C=C(COCCOCC(=O)N(C)C(C)(C)C)N(C)C(C)(C)C.CC(C)(C)CC1COCCOCCOCCOCCOCCO1.CC(C)(C)c1cc2c(cc1C(C)(C)C)OCc1ccc([nH]1)COc1ccccc1OCC1=CC=C(CO2)C1.CCSCCOC(=S)SC(C)(C)C.CN(C)C(=O)COCC(=O)N(C)C(C)(C)C.CN(C)C(=O)OC(=O)N(C)C(C)(C)C.CSC(C)(C)C. The van der Waals surface area contributed by atoms with E-state index in [0.717, 1.165) is 71.0 Å². The van der Waals surface area contributed by atoms with Gasteiger partial charge in [-0.25, -0.2) is 9.59 Å². The average molecular weight is 1940 g/mol. The Kier molecular flexibility index (Phi) is 59.5. The fraction of sp³-hybridized carbons (Fsp3) is 0.723. The van der Waals surface area contributed by atoms with Gasteiger partial charge in [-0.2, -0.15) is 23.5 Å². The number of aromatic nitrogens is 1. The number of hydrogen-bond acceptors (Lipinski definition) is 25. The maximum Gasteiger partial charge on any atom is 0.418 e. The third kappa shape index (κ3) is 59.6. The highest BCUT2D eigenvalue weighted by Gasteiger charge is 2.31. The topological polar surface area (TPSA) is 259 Å². The Hall–Kier alpha value is -6.33. The Morgan fingerprint density at radius 2 is 0.848 bits per heavy atom. The molecular weight excluding hydrogens is 1760 g/mol. The summed E-state index contributed by atoms with van der Waals surface area (Å²) in [7, 11) is 13.4. The largest absolute Gasteiger partial charge is 0.485 e. The number of hydrogen-bond donors (Lipinski definition) is 1. The second kappa shape index (κ2) is 62.5. The van der Waals surface area contributed by atoms with Gasteiger partial charge in [-0.1, -0.05) is 153 Å². The number of H-pyrrole nitrogens is 1. The predicted molar refractivity (Wildman–Crippen MR) is 548 cm³/mol. The van der Waals surface area contributed by atoms with Crippen molar-refractivity contribution in [1.82, 2.24) is 34.4 Å². The van der Waals surface area contributed by atoms with Crippen molar-refractivity contribution in [2.24, 2.45) is 5.41 Å². The molecule has 1 N–H and O–H groups in total. The van der Waals surface area contributed by atoms with Crippen LogP contribution in [0.4, 0.5) is 9.59 Å². The Bertz CT molecular complexity index is 3810. The Labute approximate surface area is 816 Å². The highest BCUT2D eigenvalue weighted by Crippen LogP contribution is 2.43. The molecule has 1 aliphatic carbocycles. The van der Waals surface area contributed by atoms with Gasteiger partial charge in [-0.15, -0.1) is 0 Å². The molecule has 4 bridgehead atoms. The minimum Gasteiger partial charge on any atom is -0.485 e. The van der Waals surface area contributed by atoms with Crippen molar-refractivity contribution in [2.75, 3.05) is 206 Å². The highest BCUT2D eigenvalue weighted by molar-refractivity contribution is 8.23. The summed E-state index contributed by atoms with van der Waals surface area (Å²) in [5.41, 5.74) is 7.24. The normalized spacial score (nSPS) is 15.3. The number of fused-ring (bicyclic) bond motifs is 6. The quantitative estimate of drug-likeness (QED) is 0.0748. The van der Waals surface area contributed by atoms with Gasteiger partial charge >= 0.3 is 12.2 Å². The first-order chi connectivity index (χ1) is 60.8. The first-order valence-electron chi connectivity index (χ1n) is 45.7. The molecule has 1 unspecified atom stereocenters. The van der Waals surface area contributed by atoms with Crippen molar-refractivity contribution in [2.45, 2.75) is 269 Å². The molecule has 0 radical (unpaired) electrons. The molecule has 1 atom stereocenters. The van der Waals surface area contributed by atoms with E-state index in [4.69, 9.17) is 78.5 Å². The maximum absolute atomic E-state index is 11.9. The lowest BCUT2D eigenvalue weighted by Gasteiger charge is -2.35. The van der Waals surface area contributed by atoms with E-state index in [9.17, 15) is 24.0 Å². The number of allylic oxidation sites excluding steroid dienone is 2. The molecule has 760 valence electrons. The van der Waals surface area contributed by atoms with Crippen LogP contribution in [0.25, 0.3) is 0 Å². The van der Waals surface area contributed by atoms with Crippen molar-refractivity contribution < 1.29 is 95.0 Å². The number of nitrogens with zero attached hydrogens (tertiary/aromatic N) is 6. The molecule has 1 saturated heterocycles. The number of nitrogens with one attached hydrogen (secondary N) is 1. The Morgan fingerprint density at radius 3 is 1.23 bits per heavy atom. The second-order valence-electron chi connectivity index (χ2n) is 41.6. The van der Waals surface area contributed by atoms with Crippen LogP contribution in [0.2, 0.25) is 0 Å². The van der Waals surface area contributed by atoms with E-state index in [0.29, 0.717) is 128 Å². The zero-order valence-electron chi connectivity index (χ0n) is 88.4. The monoisotopic (exact) mass is 1940 g/mol. The van der Waals surface area contributed by atoms with Gasteiger partial charge in [0.1, 0.15) is 46.2 Å². The van der Waals surface area contributed by atoms with E-state index >= 15 is 0 Å². The average Bonchev–Trinajstić information content (AvgIpc) is 0.815. The molecule has 1 aromatic heterocycles. The first kappa shape index (κ1) is 126. The van der Waals surface area contributed by atoms with Gasteiger partial charge in [0.05, 0.1) is 117 Å². The standard InChI is InChI=1S/C33H39NO4.C17H34N2O3.C17H34O6.C11H22N2O3.C9H18N2O3.C9H18OS3.C5H12S/c1-32(2,3)26-16-30-31(17-27(26)33(4,5)6)38-21-25-14-13-24(34-25)20-37-29-10-8-7-9-28(29)35-18-22-11-12-23(15-22)19-36-30;1-14(18(8)16(2,3)4)12-21-10-11-22-13-15(20)19(9)17(5,6)7;1-17(2,3)14-16-15-22-11-10-20-7-6-18-4-5-19-8-9-21-12-13-23-16;1-11(2,3)13(6)10(15)8-16-7-9(14)12(4)5;1-9(2,3)11(6)8(13)14-7(12)10(4)5;1-5-12-7-6-10-8(11)13-9(2,3)4;1-5(2,3)6-4/h7-14,16-17,34H,15,18-21H2,1-6H3;1,10-13H2,2-9H3;16H,4-15H2,1-3H3;7-8H2,1-6H3;1-6H3;5-7H2,1-4H3;1-4H3. The van der Waals surface area contributed by atoms with Crippen molar-refractivity contribution in [1.29, 1.82) is 0 Å². The molecule has 31 heteroatoms. The summed E-state index contributed by atoms with van der Waals surface area (Å²) in [6, 6.07) is 16.3. The minimum atomic E-state index is -0.661. The molecule has 2 aliphatic heterocycles. The molecule has 3 aliphatic rings. The molecule has 3 aromatic rings. The molecule has 5 amide bonds. The third-order valence-electron chi connectivity index (χ3n) is 19.7. The van der Waals surface area contributed by atoms with E-state index in [-0.39, 0.29) is 86.8 Å². The zero-order chi connectivity index (χ0) is 101. The van der Waals surface area contributed by atoms with Crippen LogP contribution >= 0.6 is 47.5 Å². The van der Waals surface area contributed by atoms with Crippen LogP contribution in [0.1, 0.15) is 229 Å². The second-order valence-corrected chi connectivity index (χ2v) is 47.0. The van der Waals surface area contributed by atoms with E-state index in [2.05, 4.69) is 183 Å². The summed E-state index contributed by atoms with van der Waals surface area (Å²) >= 11 is 10.5. The fourth-order valence-corrected chi connectivity index (χ4v) is 12.5. The van der Waals surface area contributed by atoms with E-state index in [1.807, 2.05) is 129 Å². The van der Waals surface area contributed by atoms with Crippen LogP contribution in [-0.2, 0) is 90.5 Å². The van der Waals surface area contributed by atoms with Crippen molar-refractivity contribution in [3.05, 3.63) is 107 Å². The molecule has 1 fully saturated rings. The van der Waals surface area contributed by atoms with Crippen LogP contribution < -0.4 is 18.9 Å². The molecule has 6 rings (SSSR count). The van der Waals surface area contributed by atoms with E-state index < -0.39 is 12.2 Å². The third-order valence-corrected chi connectivity index (χ3v) is 23.1. The number of likely N-dealkylation sites (N-methyl/N-ethyl adjacent to an activating group) is 4.